The van der Waals surface area contributed by atoms with Crippen molar-refractivity contribution >= 4 is 21.6 Å². The topological polar surface area (TPSA) is 84.5 Å². The van der Waals surface area contributed by atoms with Gasteiger partial charge >= 0.3 is 6.18 Å². The van der Waals surface area contributed by atoms with Crippen LogP contribution in [0, 0.1) is 12.7 Å². The van der Waals surface area contributed by atoms with Gasteiger partial charge in [0.05, 0.1) is 17.6 Å². The minimum Gasteiger partial charge on any atom is -0.496 e. The number of rotatable bonds is 8. The molecule has 11 heteroatoms. The van der Waals surface area contributed by atoms with Crippen LogP contribution < -0.4 is 14.8 Å². The van der Waals surface area contributed by atoms with Gasteiger partial charge in [-0.15, -0.1) is 0 Å². The second-order valence-electron chi connectivity index (χ2n) is 7.68. The Balaban J connectivity index is 1.91. The maximum Gasteiger partial charge on any atom is 0.419 e. The molecule has 6 nitrogen and oxygen atoms in total. The number of hydrogen-bond acceptors (Lipinski definition) is 4. The fourth-order valence-corrected chi connectivity index (χ4v) is 4.64. The monoisotopic (exact) mass is 510 g/mol. The third-order valence-corrected chi connectivity index (χ3v) is 6.58. The highest BCUT2D eigenvalue weighted by molar-refractivity contribution is 7.89. The number of ether oxygens (including phenoxy) is 1. The third kappa shape index (κ3) is 6.58. The summed E-state index contributed by atoms with van der Waals surface area (Å²) >= 11 is 0. The van der Waals surface area contributed by atoms with Crippen molar-refractivity contribution in [3.8, 4) is 5.75 Å². The molecule has 1 amide bonds. The van der Waals surface area contributed by atoms with E-state index in [1.807, 2.05) is 0 Å². The Hall–Kier alpha value is -3.44. The fourth-order valence-electron chi connectivity index (χ4n) is 3.36. The van der Waals surface area contributed by atoms with Crippen LogP contribution in [0.4, 0.5) is 23.2 Å². The first-order chi connectivity index (χ1) is 16.4. The number of carbonyl (C=O) groups is 1. The molecule has 0 fully saturated rings. The van der Waals surface area contributed by atoms with Crippen molar-refractivity contribution < 1.29 is 35.5 Å². The Bertz CT molecular complexity index is 1310. The van der Waals surface area contributed by atoms with Crippen molar-refractivity contribution in [2.75, 3.05) is 12.4 Å². The average Bonchev–Trinajstić information content (AvgIpc) is 2.79. The van der Waals surface area contributed by atoms with Gasteiger partial charge in [0.15, 0.2) is 0 Å². The number of halogens is 4. The molecule has 0 spiro atoms. The van der Waals surface area contributed by atoms with E-state index in [-0.39, 0.29) is 17.0 Å². The van der Waals surface area contributed by atoms with Gasteiger partial charge in [0.2, 0.25) is 15.9 Å². The lowest BCUT2D eigenvalue weighted by atomic mass is 10.1. The molecule has 0 saturated carbocycles. The molecular weight excluding hydrogens is 488 g/mol. The van der Waals surface area contributed by atoms with Crippen LogP contribution in [0.25, 0.3) is 0 Å². The SMILES string of the molecule is COc1ccc(S(=O)(=O)N[C@@H](Cc2ccccc2)C(=O)Nc2ccc(F)c(C(F)(F)F)c2)cc1C. The van der Waals surface area contributed by atoms with Crippen LogP contribution in [0.2, 0.25) is 0 Å². The van der Waals surface area contributed by atoms with Crippen molar-refractivity contribution in [1.29, 1.82) is 0 Å². The molecule has 3 aromatic rings. The number of nitrogens with one attached hydrogen (secondary N) is 2. The first-order valence-corrected chi connectivity index (χ1v) is 11.8. The molecule has 0 saturated heterocycles. The van der Waals surface area contributed by atoms with Crippen molar-refractivity contribution in [3.05, 3.63) is 89.2 Å². The highest BCUT2D eigenvalue weighted by Crippen LogP contribution is 2.33. The summed E-state index contributed by atoms with van der Waals surface area (Å²) in [5.74, 6) is -1.94. The normalized spacial score (nSPS) is 12.7. The van der Waals surface area contributed by atoms with Crippen LogP contribution in [0.3, 0.4) is 0 Å². The van der Waals surface area contributed by atoms with Gasteiger partial charge in [-0.2, -0.15) is 17.9 Å². The molecule has 0 aliphatic rings. The van der Waals surface area contributed by atoms with E-state index in [0.29, 0.717) is 29.0 Å². The summed E-state index contributed by atoms with van der Waals surface area (Å²) in [4.78, 5) is 12.9. The molecule has 0 heterocycles. The maximum atomic E-state index is 13.6. The predicted molar refractivity (Wildman–Crippen MR) is 122 cm³/mol. The smallest absolute Gasteiger partial charge is 0.419 e. The van der Waals surface area contributed by atoms with Gasteiger partial charge in [-0.05, 0) is 60.9 Å². The summed E-state index contributed by atoms with van der Waals surface area (Å²) in [6.45, 7) is 1.65. The Morgan fingerprint density at radius 3 is 2.31 bits per heavy atom. The summed E-state index contributed by atoms with van der Waals surface area (Å²) < 4.78 is 86.3. The number of amides is 1. The van der Waals surface area contributed by atoms with Gasteiger partial charge in [-0.1, -0.05) is 30.3 Å². The van der Waals surface area contributed by atoms with Crippen molar-refractivity contribution in [3.63, 3.8) is 0 Å². The van der Waals surface area contributed by atoms with Crippen LogP contribution in [0.15, 0.2) is 71.6 Å². The number of sulfonamides is 1. The quantitative estimate of drug-likeness (QED) is 0.431. The van der Waals surface area contributed by atoms with Crippen LogP contribution in [0.5, 0.6) is 5.75 Å². The molecule has 186 valence electrons. The van der Waals surface area contributed by atoms with Crippen molar-refractivity contribution in [1.82, 2.24) is 4.72 Å². The Morgan fingerprint density at radius 2 is 1.71 bits per heavy atom. The van der Waals surface area contributed by atoms with Crippen molar-refractivity contribution in [2.45, 2.75) is 30.5 Å². The second-order valence-corrected chi connectivity index (χ2v) is 9.39. The van der Waals surface area contributed by atoms with Gasteiger partial charge in [-0.25, -0.2) is 12.8 Å². The lowest BCUT2D eigenvalue weighted by molar-refractivity contribution is -0.140. The van der Waals surface area contributed by atoms with E-state index in [2.05, 4.69) is 10.0 Å². The maximum absolute atomic E-state index is 13.6. The molecule has 3 rings (SSSR count). The van der Waals surface area contributed by atoms with Gasteiger partial charge in [0, 0.05) is 5.69 Å². The Labute approximate surface area is 200 Å². The van der Waals surface area contributed by atoms with E-state index in [1.54, 1.807) is 37.3 Å². The summed E-state index contributed by atoms with van der Waals surface area (Å²) in [5.41, 5.74) is -0.729. The largest absolute Gasteiger partial charge is 0.496 e. The molecular formula is C24H22F4N2O4S. The zero-order valence-corrected chi connectivity index (χ0v) is 19.5. The molecule has 0 aliphatic heterocycles. The molecule has 0 unspecified atom stereocenters. The minimum absolute atomic E-state index is 0.0889. The Morgan fingerprint density at radius 1 is 1.03 bits per heavy atom. The predicted octanol–water partition coefficient (Wildman–Crippen LogP) is 4.69. The first-order valence-electron chi connectivity index (χ1n) is 10.3. The fraction of sp³-hybridized carbons (Fsp3) is 0.208. The van der Waals surface area contributed by atoms with Crippen LogP contribution >= 0.6 is 0 Å². The van der Waals surface area contributed by atoms with Crippen LogP contribution in [-0.4, -0.2) is 27.5 Å². The molecule has 3 aromatic carbocycles. The highest BCUT2D eigenvalue weighted by Gasteiger charge is 2.34. The molecule has 0 radical (unpaired) electrons. The summed E-state index contributed by atoms with van der Waals surface area (Å²) in [6.07, 6.45) is -5.06. The molecule has 0 aliphatic carbocycles. The van der Waals surface area contributed by atoms with Crippen LogP contribution in [0.1, 0.15) is 16.7 Å². The van der Waals surface area contributed by atoms with Gasteiger partial charge in [0.1, 0.15) is 17.6 Å². The van der Waals surface area contributed by atoms with Gasteiger partial charge in [-0.3, -0.25) is 4.79 Å². The number of carbonyl (C=O) groups excluding carboxylic acids is 1. The first kappa shape index (κ1) is 26.2. The number of alkyl halides is 3. The van der Waals surface area contributed by atoms with E-state index >= 15 is 0 Å². The van der Waals surface area contributed by atoms with Crippen LogP contribution in [-0.2, 0) is 27.4 Å². The number of methoxy groups -OCH3 is 1. The zero-order valence-electron chi connectivity index (χ0n) is 18.7. The number of aryl methyl sites for hydroxylation is 1. The lowest BCUT2D eigenvalue weighted by Gasteiger charge is -2.20. The summed E-state index contributed by atoms with van der Waals surface area (Å²) in [6, 6.07) is 13.2. The Kier molecular flexibility index (Phi) is 7.81. The zero-order chi connectivity index (χ0) is 25.8. The molecule has 35 heavy (non-hydrogen) atoms. The molecule has 2 N–H and O–H groups in total. The van der Waals surface area contributed by atoms with E-state index < -0.39 is 39.5 Å². The summed E-state index contributed by atoms with van der Waals surface area (Å²) in [5, 5.41) is 2.25. The average molecular weight is 511 g/mol. The van der Waals surface area contributed by atoms with Crippen molar-refractivity contribution in [2.24, 2.45) is 0 Å². The lowest BCUT2D eigenvalue weighted by Crippen LogP contribution is -2.45. The van der Waals surface area contributed by atoms with Gasteiger partial charge in [0.25, 0.3) is 0 Å². The summed E-state index contributed by atoms with van der Waals surface area (Å²) in [7, 11) is -2.77. The number of hydrogen-bond donors (Lipinski definition) is 2. The van der Waals surface area contributed by atoms with E-state index in [0.717, 1.165) is 6.07 Å². The second kappa shape index (κ2) is 10.4. The molecule has 0 bridgehead atoms. The highest BCUT2D eigenvalue weighted by atomic mass is 32.2. The molecule has 1 atom stereocenters. The van der Waals surface area contributed by atoms with E-state index in [4.69, 9.17) is 4.74 Å². The standard InChI is InChI=1S/C24H22F4N2O4S/c1-15-12-18(9-11-22(15)34-2)35(32,33)30-21(13-16-6-4-3-5-7-16)23(31)29-17-8-10-20(25)19(14-17)24(26,27)28/h3-12,14,21,30H,13H2,1-2H3,(H,29,31)/t21-/m0/s1. The van der Waals surface area contributed by atoms with E-state index in [1.165, 1.54) is 25.3 Å². The van der Waals surface area contributed by atoms with Gasteiger partial charge < -0.3 is 10.1 Å². The minimum atomic E-state index is -4.97. The third-order valence-electron chi connectivity index (χ3n) is 5.11. The number of benzene rings is 3. The molecule has 0 aromatic heterocycles. The van der Waals surface area contributed by atoms with E-state index in [9.17, 15) is 30.8 Å². The number of anilines is 1.